The first-order valence-electron chi connectivity index (χ1n) is 7.81. The summed E-state index contributed by atoms with van der Waals surface area (Å²) in [4.78, 5) is 18.3. The lowest BCUT2D eigenvalue weighted by atomic mass is 10.1. The van der Waals surface area contributed by atoms with Crippen LogP contribution in [0.4, 0.5) is 5.82 Å². The Morgan fingerprint density at radius 1 is 1.43 bits per heavy atom. The van der Waals surface area contributed by atoms with Gasteiger partial charge in [0.1, 0.15) is 5.82 Å². The number of aryl methyl sites for hydroxylation is 1. The molecule has 3 rings (SSSR count). The van der Waals surface area contributed by atoms with E-state index in [0.29, 0.717) is 31.9 Å². The number of morpholine rings is 1. The third-order valence-corrected chi connectivity index (χ3v) is 4.76. The molecule has 2 N–H and O–H groups in total. The normalized spacial score (nSPS) is 18.1. The van der Waals surface area contributed by atoms with Gasteiger partial charge in [0.15, 0.2) is 0 Å². The number of thiophene rings is 1. The molecule has 0 bridgehead atoms. The number of anilines is 1. The van der Waals surface area contributed by atoms with E-state index in [-0.39, 0.29) is 12.0 Å². The zero-order valence-electron chi connectivity index (χ0n) is 13.0. The second-order valence-electron chi connectivity index (χ2n) is 5.77. The van der Waals surface area contributed by atoms with E-state index in [1.165, 1.54) is 0 Å². The molecule has 1 atom stereocenters. The van der Waals surface area contributed by atoms with Crippen molar-refractivity contribution in [1.82, 2.24) is 9.88 Å². The van der Waals surface area contributed by atoms with Crippen molar-refractivity contribution in [3.63, 3.8) is 0 Å². The monoisotopic (exact) mass is 331 g/mol. The maximum Gasteiger partial charge on any atom is 0.227 e. The minimum absolute atomic E-state index is 0.0876. The number of carbonyl (C=O) groups excluding carboxylic acids is 1. The van der Waals surface area contributed by atoms with Gasteiger partial charge in [0.2, 0.25) is 5.91 Å². The molecular weight excluding hydrogens is 310 g/mol. The van der Waals surface area contributed by atoms with Gasteiger partial charge in [0.05, 0.1) is 19.1 Å². The summed E-state index contributed by atoms with van der Waals surface area (Å²) in [5, 5.41) is 4.04. The molecule has 122 valence electrons. The van der Waals surface area contributed by atoms with E-state index < -0.39 is 0 Å². The Morgan fingerprint density at radius 3 is 3.13 bits per heavy atom. The molecule has 6 heteroatoms. The van der Waals surface area contributed by atoms with Crippen LogP contribution < -0.4 is 5.73 Å². The highest BCUT2D eigenvalue weighted by atomic mass is 32.1. The third-order valence-electron chi connectivity index (χ3n) is 4.03. The molecule has 0 aromatic carbocycles. The van der Waals surface area contributed by atoms with Crippen LogP contribution in [-0.4, -0.2) is 41.6 Å². The topological polar surface area (TPSA) is 68.5 Å². The molecule has 2 aromatic heterocycles. The van der Waals surface area contributed by atoms with Gasteiger partial charge in [-0.1, -0.05) is 0 Å². The molecule has 1 saturated heterocycles. The standard InChI is InChI=1S/C17H21N3O2S/c18-16-9-13(3-5-19-16)1-2-15-11-20(6-7-22-15)17(21)10-14-4-8-23-12-14/h3-5,8-9,12,15H,1-2,6-7,10-11H2,(H2,18,19). The van der Waals surface area contributed by atoms with Crippen LogP contribution in [0.25, 0.3) is 0 Å². The average molecular weight is 331 g/mol. The zero-order chi connectivity index (χ0) is 16.1. The van der Waals surface area contributed by atoms with Gasteiger partial charge in [-0.05, 0) is 52.9 Å². The number of rotatable bonds is 5. The minimum atomic E-state index is 0.0876. The Bertz CT molecular complexity index is 645. The zero-order valence-corrected chi connectivity index (χ0v) is 13.8. The van der Waals surface area contributed by atoms with Crippen molar-refractivity contribution in [2.24, 2.45) is 0 Å². The SMILES string of the molecule is Nc1cc(CCC2CN(C(=O)Cc3ccsc3)CCO2)ccn1. The molecule has 1 unspecified atom stereocenters. The first-order valence-corrected chi connectivity index (χ1v) is 8.76. The number of nitrogens with two attached hydrogens (primary N) is 1. The van der Waals surface area contributed by atoms with Crippen LogP contribution in [0.5, 0.6) is 0 Å². The van der Waals surface area contributed by atoms with Crippen molar-refractivity contribution >= 4 is 23.1 Å². The quantitative estimate of drug-likeness (QED) is 0.911. The highest BCUT2D eigenvalue weighted by molar-refractivity contribution is 7.07. The van der Waals surface area contributed by atoms with Crippen LogP contribution >= 0.6 is 11.3 Å². The lowest BCUT2D eigenvalue weighted by molar-refractivity contribution is -0.138. The van der Waals surface area contributed by atoms with E-state index in [0.717, 1.165) is 24.0 Å². The summed E-state index contributed by atoms with van der Waals surface area (Å²) < 4.78 is 5.81. The van der Waals surface area contributed by atoms with Crippen molar-refractivity contribution in [3.05, 3.63) is 46.3 Å². The van der Waals surface area contributed by atoms with Gasteiger partial charge in [-0.3, -0.25) is 4.79 Å². The van der Waals surface area contributed by atoms with Crippen LogP contribution in [-0.2, 0) is 22.4 Å². The lowest BCUT2D eigenvalue weighted by Crippen LogP contribution is -2.46. The Morgan fingerprint density at radius 2 is 2.35 bits per heavy atom. The molecule has 0 saturated carbocycles. The Balaban J connectivity index is 1.50. The van der Waals surface area contributed by atoms with E-state index >= 15 is 0 Å². The maximum atomic E-state index is 12.4. The Kier molecular flexibility index (Phi) is 5.25. The molecule has 0 aliphatic carbocycles. The molecule has 23 heavy (non-hydrogen) atoms. The first kappa shape index (κ1) is 16.0. The number of carbonyl (C=O) groups is 1. The lowest BCUT2D eigenvalue weighted by Gasteiger charge is -2.33. The third kappa shape index (κ3) is 4.53. The predicted molar refractivity (Wildman–Crippen MR) is 91.3 cm³/mol. The first-order chi connectivity index (χ1) is 11.2. The molecule has 3 heterocycles. The number of pyridine rings is 1. The van der Waals surface area contributed by atoms with Crippen LogP contribution in [0.15, 0.2) is 35.2 Å². The highest BCUT2D eigenvalue weighted by Crippen LogP contribution is 2.15. The number of amides is 1. The van der Waals surface area contributed by atoms with Gasteiger partial charge in [0.25, 0.3) is 0 Å². The van der Waals surface area contributed by atoms with Gasteiger partial charge in [-0.15, -0.1) is 0 Å². The van der Waals surface area contributed by atoms with E-state index in [1.54, 1.807) is 17.5 Å². The number of ether oxygens (including phenoxy) is 1. The van der Waals surface area contributed by atoms with Crippen LogP contribution in [0.3, 0.4) is 0 Å². The summed E-state index contributed by atoms with van der Waals surface area (Å²) in [6.07, 6.45) is 4.06. The largest absolute Gasteiger partial charge is 0.384 e. The maximum absolute atomic E-state index is 12.4. The molecular formula is C17H21N3O2S. The van der Waals surface area contributed by atoms with E-state index in [1.807, 2.05) is 33.9 Å². The minimum Gasteiger partial charge on any atom is -0.384 e. The van der Waals surface area contributed by atoms with Gasteiger partial charge in [-0.25, -0.2) is 4.98 Å². The van der Waals surface area contributed by atoms with Gasteiger partial charge < -0.3 is 15.4 Å². The number of aromatic nitrogens is 1. The molecule has 2 aromatic rings. The van der Waals surface area contributed by atoms with Gasteiger partial charge in [-0.2, -0.15) is 11.3 Å². The van der Waals surface area contributed by atoms with Crippen molar-refractivity contribution in [1.29, 1.82) is 0 Å². The fourth-order valence-electron chi connectivity index (χ4n) is 2.78. The number of nitrogens with zero attached hydrogens (tertiary/aromatic N) is 2. The number of nitrogen functional groups attached to an aromatic ring is 1. The summed E-state index contributed by atoms with van der Waals surface area (Å²) in [6, 6.07) is 5.87. The summed E-state index contributed by atoms with van der Waals surface area (Å²) in [5.41, 5.74) is 7.95. The Hall–Kier alpha value is -1.92. The second kappa shape index (κ2) is 7.57. The molecule has 1 fully saturated rings. The Labute approximate surface area is 140 Å². The smallest absolute Gasteiger partial charge is 0.227 e. The van der Waals surface area contributed by atoms with Crippen LogP contribution in [0.2, 0.25) is 0 Å². The summed E-state index contributed by atoms with van der Waals surface area (Å²) in [6.45, 7) is 1.96. The number of hydrogen-bond donors (Lipinski definition) is 1. The molecule has 1 amide bonds. The predicted octanol–water partition coefficient (Wildman–Crippen LogP) is 2.13. The van der Waals surface area contributed by atoms with Crippen LogP contribution in [0, 0.1) is 0 Å². The molecule has 0 spiro atoms. The van der Waals surface area contributed by atoms with Gasteiger partial charge >= 0.3 is 0 Å². The highest BCUT2D eigenvalue weighted by Gasteiger charge is 2.24. The fourth-order valence-corrected chi connectivity index (χ4v) is 3.45. The van der Waals surface area contributed by atoms with Crippen molar-refractivity contribution in [2.75, 3.05) is 25.4 Å². The number of hydrogen-bond acceptors (Lipinski definition) is 5. The molecule has 1 aliphatic heterocycles. The van der Waals surface area contributed by atoms with E-state index in [2.05, 4.69) is 4.98 Å². The van der Waals surface area contributed by atoms with Crippen molar-refractivity contribution in [3.8, 4) is 0 Å². The fraction of sp³-hybridized carbons (Fsp3) is 0.412. The van der Waals surface area contributed by atoms with E-state index in [4.69, 9.17) is 10.5 Å². The molecule has 0 radical (unpaired) electrons. The van der Waals surface area contributed by atoms with Crippen molar-refractivity contribution < 1.29 is 9.53 Å². The van der Waals surface area contributed by atoms with Crippen molar-refractivity contribution in [2.45, 2.75) is 25.4 Å². The second-order valence-corrected chi connectivity index (χ2v) is 6.55. The summed E-state index contributed by atoms with van der Waals surface area (Å²) in [7, 11) is 0. The van der Waals surface area contributed by atoms with Crippen LogP contribution in [0.1, 0.15) is 17.5 Å². The summed E-state index contributed by atoms with van der Waals surface area (Å²) in [5.74, 6) is 0.726. The molecule has 1 aliphatic rings. The summed E-state index contributed by atoms with van der Waals surface area (Å²) >= 11 is 1.62. The van der Waals surface area contributed by atoms with E-state index in [9.17, 15) is 4.79 Å². The molecule has 5 nitrogen and oxygen atoms in total. The van der Waals surface area contributed by atoms with Gasteiger partial charge in [0, 0.05) is 19.3 Å². The average Bonchev–Trinajstić information content (AvgIpc) is 3.06.